The fourth-order valence-electron chi connectivity index (χ4n) is 2.51. The van der Waals surface area contributed by atoms with Crippen LogP contribution in [0.25, 0.3) is 0 Å². The standard InChI is InChI=1S/C18H25NO4/c1-17(2,3)23-16(21)19-11-10-18(4,13-19)15(20)22-12-14-8-6-5-7-9-14/h5-9H,10-13H2,1-4H3. The lowest BCUT2D eigenvalue weighted by molar-refractivity contribution is -0.155. The molecule has 5 nitrogen and oxygen atoms in total. The Hall–Kier alpha value is -2.04. The van der Waals surface area contributed by atoms with Gasteiger partial charge in [0.05, 0.1) is 5.41 Å². The highest BCUT2D eigenvalue weighted by Gasteiger charge is 2.44. The van der Waals surface area contributed by atoms with Crippen molar-refractivity contribution < 1.29 is 19.1 Å². The van der Waals surface area contributed by atoms with Gasteiger partial charge >= 0.3 is 12.1 Å². The van der Waals surface area contributed by atoms with E-state index < -0.39 is 11.0 Å². The largest absolute Gasteiger partial charge is 0.460 e. The Balaban J connectivity index is 1.90. The molecule has 0 N–H and O–H groups in total. The molecular formula is C18H25NO4. The van der Waals surface area contributed by atoms with Gasteiger partial charge < -0.3 is 14.4 Å². The molecule has 1 fully saturated rings. The molecule has 2 rings (SSSR count). The molecule has 0 saturated carbocycles. The van der Waals surface area contributed by atoms with E-state index in [0.29, 0.717) is 19.5 Å². The number of likely N-dealkylation sites (tertiary alicyclic amines) is 1. The van der Waals surface area contributed by atoms with Gasteiger partial charge in [0, 0.05) is 13.1 Å². The van der Waals surface area contributed by atoms with Crippen LogP contribution < -0.4 is 0 Å². The summed E-state index contributed by atoms with van der Waals surface area (Å²) in [6, 6.07) is 9.56. The highest BCUT2D eigenvalue weighted by Crippen LogP contribution is 2.32. The normalized spacial score (nSPS) is 21.1. The van der Waals surface area contributed by atoms with Crippen LogP contribution in [0.4, 0.5) is 4.79 Å². The van der Waals surface area contributed by atoms with E-state index in [1.54, 1.807) is 4.90 Å². The monoisotopic (exact) mass is 319 g/mol. The second kappa shape index (κ2) is 6.60. The molecule has 0 aromatic heterocycles. The highest BCUT2D eigenvalue weighted by atomic mass is 16.6. The summed E-state index contributed by atoms with van der Waals surface area (Å²) in [6.07, 6.45) is 0.206. The Morgan fingerprint density at radius 1 is 1.22 bits per heavy atom. The first-order chi connectivity index (χ1) is 10.7. The van der Waals surface area contributed by atoms with Crippen LogP contribution in [0, 0.1) is 5.41 Å². The number of amides is 1. The predicted molar refractivity (Wildman–Crippen MR) is 86.8 cm³/mol. The van der Waals surface area contributed by atoms with Gasteiger partial charge in [-0.15, -0.1) is 0 Å². The fraction of sp³-hybridized carbons (Fsp3) is 0.556. The van der Waals surface area contributed by atoms with Gasteiger partial charge in [-0.05, 0) is 39.7 Å². The number of esters is 1. The quantitative estimate of drug-likeness (QED) is 0.802. The van der Waals surface area contributed by atoms with E-state index in [0.717, 1.165) is 5.56 Å². The molecule has 1 unspecified atom stereocenters. The lowest BCUT2D eigenvalue weighted by Gasteiger charge is -2.26. The Morgan fingerprint density at radius 3 is 2.48 bits per heavy atom. The summed E-state index contributed by atoms with van der Waals surface area (Å²) < 4.78 is 10.8. The van der Waals surface area contributed by atoms with E-state index in [-0.39, 0.29) is 18.7 Å². The van der Waals surface area contributed by atoms with Gasteiger partial charge in [0.25, 0.3) is 0 Å². The molecule has 126 valence electrons. The molecule has 1 atom stereocenters. The van der Waals surface area contributed by atoms with Gasteiger partial charge in [0.2, 0.25) is 0 Å². The molecule has 5 heteroatoms. The topological polar surface area (TPSA) is 55.8 Å². The third kappa shape index (κ3) is 4.71. The van der Waals surface area contributed by atoms with Crippen molar-refractivity contribution in [3.63, 3.8) is 0 Å². The van der Waals surface area contributed by atoms with Crippen molar-refractivity contribution >= 4 is 12.1 Å². The first-order valence-corrected chi connectivity index (χ1v) is 7.89. The summed E-state index contributed by atoms with van der Waals surface area (Å²) >= 11 is 0. The molecule has 1 aromatic carbocycles. The summed E-state index contributed by atoms with van der Waals surface area (Å²) in [7, 11) is 0. The van der Waals surface area contributed by atoms with Crippen LogP contribution in [0.3, 0.4) is 0 Å². The molecule has 0 bridgehead atoms. The summed E-state index contributed by atoms with van der Waals surface area (Å²) in [4.78, 5) is 26.1. The smallest absolute Gasteiger partial charge is 0.410 e. The average Bonchev–Trinajstić information content (AvgIpc) is 2.88. The summed E-state index contributed by atoms with van der Waals surface area (Å²) in [5.41, 5.74) is -0.262. The molecule has 1 aliphatic heterocycles. The lowest BCUT2D eigenvalue weighted by Crippen LogP contribution is -2.38. The number of benzene rings is 1. The Labute approximate surface area is 137 Å². The fourth-order valence-corrected chi connectivity index (χ4v) is 2.51. The van der Waals surface area contributed by atoms with Crippen LogP contribution in [0.2, 0.25) is 0 Å². The first kappa shape index (κ1) is 17.3. The minimum Gasteiger partial charge on any atom is -0.460 e. The average molecular weight is 319 g/mol. The summed E-state index contributed by atoms with van der Waals surface area (Å²) in [6.45, 7) is 8.41. The van der Waals surface area contributed by atoms with Gasteiger partial charge in [-0.2, -0.15) is 0 Å². The second-order valence-electron chi connectivity index (χ2n) is 7.27. The molecule has 23 heavy (non-hydrogen) atoms. The summed E-state index contributed by atoms with van der Waals surface area (Å²) in [5.74, 6) is -0.271. The minimum absolute atomic E-state index is 0.252. The van der Waals surface area contributed by atoms with Crippen molar-refractivity contribution in [2.24, 2.45) is 5.41 Å². The van der Waals surface area contributed by atoms with Gasteiger partial charge in [-0.25, -0.2) is 4.79 Å². The van der Waals surface area contributed by atoms with E-state index >= 15 is 0 Å². The zero-order valence-corrected chi connectivity index (χ0v) is 14.3. The summed E-state index contributed by atoms with van der Waals surface area (Å²) in [5, 5.41) is 0. The maximum absolute atomic E-state index is 12.4. The van der Waals surface area contributed by atoms with E-state index in [2.05, 4.69) is 0 Å². The number of hydrogen-bond acceptors (Lipinski definition) is 4. The number of rotatable bonds is 3. The maximum atomic E-state index is 12.4. The van der Waals surface area contributed by atoms with E-state index in [9.17, 15) is 9.59 Å². The van der Waals surface area contributed by atoms with Crippen LogP contribution in [-0.4, -0.2) is 35.7 Å². The van der Waals surface area contributed by atoms with Crippen LogP contribution in [0.1, 0.15) is 39.7 Å². The molecule has 0 aliphatic carbocycles. The molecule has 1 heterocycles. The number of carbonyl (C=O) groups is 2. The van der Waals surface area contributed by atoms with Crippen LogP contribution >= 0.6 is 0 Å². The van der Waals surface area contributed by atoms with Crippen molar-refractivity contribution in [2.75, 3.05) is 13.1 Å². The van der Waals surface area contributed by atoms with Crippen molar-refractivity contribution in [1.82, 2.24) is 4.90 Å². The van der Waals surface area contributed by atoms with Gasteiger partial charge in [-0.3, -0.25) is 4.79 Å². The Bertz CT molecular complexity index is 564. The highest BCUT2D eigenvalue weighted by molar-refractivity contribution is 5.79. The van der Waals surface area contributed by atoms with Gasteiger partial charge in [-0.1, -0.05) is 30.3 Å². The number of nitrogens with zero attached hydrogens (tertiary/aromatic N) is 1. The Kier molecular flexibility index (Phi) is 4.97. The third-order valence-corrected chi connectivity index (χ3v) is 3.83. The van der Waals surface area contributed by atoms with E-state index in [4.69, 9.17) is 9.47 Å². The first-order valence-electron chi connectivity index (χ1n) is 7.89. The number of carbonyl (C=O) groups excluding carboxylic acids is 2. The molecule has 1 amide bonds. The van der Waals surface area contributed by atoms with Gasteiger partial charge in [0.15, 0.2) is 0 Å². The number of ether oxygens (including phenoxy) is 2. The Morgan fingerprint density at radius 2 is 1.87 bits per heavy atom. The van der Waals surface area contributed by atoms with Crippen molar-refractivity contribution in [3.05, 3.63) is 35.9 Å². The van der Waals surface area contributed by atoms with E-state index in [1.165, 1.54) is 0 Å². The van der Waals surface area contributed by atoms with Crippen LogP contribution in [0.15, 0.2) is 30.3 Å². The third-order valence-electron chi connectivity index (χ3n) is 3.83. The second-order valence-corrected chi connectivity index (χ2v) is 7.27. The predicted octanol–water partition coefficient (Wildman–Crippen LogP) is 3.38. The van der Waals surface area contributed by atoms with Crippen LogP contribution in [0.5, 0.6) is 0 Å². The van der Waals surface area contributed by atoms with Crippen molar-refractivity contribution in [1.29, 1.82) is 0 Å². The molecule has 1 aromatic rings. The molecular weight excluding hydrogens is 294 g/mol. The van der Waals surface area contributed by atoms with Crippen LogP contribution in [-0.2, 0) is 20.9 Å². The van der Waals surface area contributed by atoms with Gasteiger partial charge in [0.1, 0.15) is 12.2 Å². The molecule has 0 radical (unpaired) electrons. The zero-order chi connectivity index (χ0) is 17.1. The van der Waals surface area contributed by atoms with E-state index in [1.807, 2.05) is 58.0 Å². The van der Waals surface area contributed by atoms with Crippen molar-refractivity contribution in [3.8, 4) is 0 Å². The maximum Gasteiger partial charge on any atom is 0.410 e. The van der Waals surface area contributed by atoms with Crippen molar-refractivity contribution in [2.45, 2.75) is 46.3 Å². The molecule has 0 spiro atoms. The number of hydrogen-bond donors (Lipinski definition) is 0. The lowest BCUT2D eigenvalue weighted by atomic mass is 9.90. The molecule has 1 saturated heterocycles. The SMILES string of the molecule is CC(C)(C)OC(=O)N1CCC(C)(C(=O)OCc2ccccc2)C1. The minimum atomic E-state index is -0.675. The molecule has 1 aliphatic rings. The zero-order valence-electron chi connectivity index (χ0n) is 14.3.